The average Bonchev–Trinajstić information content (AvgIpc) is 2.67. The predicted octanol–water partition coefficient (Wildman–Crippen LogP) is 0.161. The Bertz CT molecular complexity index is 342. The lowest BCUT2D eigenvalue weighted by molar-refractivity contribution is -0.114. The summed E-state index contributed by atoms with van der Waals surface area (Å²) in [5.41, 5.74) is 0. The monoisotopic (exact) mass is 209 g/mol. The summed E-state index contributed by atoms with van der Waals surface area (Å²) in [6.07, 6.45) is 3.66. The van der Waals surface area contributed by atoms with Crippen LogP contribution in [-0.4, -0.2) is 34.0 Å². The molecule has 1 aliphatic heterocycles. The fourth-order valence-electron chi connectivity index (χ4n) is 1.73. The Morgan fingerprint density at radius 2 is 2.33 bits per heavy atom. The van der Waals surface area contributed by atoms with Crippen LogP contribution in [0.3, 0.4) is 0 Å². The van der Waals surface area contributed by atoms with E-state index in [0.29, 0.717) is 11.9 Å². The van der Waals surface area contributed by atoms with Gasteiger partial charge in [-0.05, 0) is 25.9 Å². The molecule has 0 radical (unpaired) electrons. The highest BCUT2D eigenvalue weighted by Gasteiger charge is 2.16. The van der Waals surface area contributed by atoms with Crippen LogP contribution in [0.2, 0.25) is 0 Å². The number of nitrogens with one attached hydrogen (secondary N) is 2. The Balaban J connectivity index is 2.02. The van der Waals surface area contributed by atoms with Gasteiger partial charge < -0.3 is 10.6 Å². The molecule has 1 amide bonds. The van der Waals surface area contributed by atoms with Gasteiger partial charge in [-0.15, -0.1) is 5.10 Å². The molecule has 0 unspecified atom stereocenters. The van der Waals surface area contributed by atoms with Gasteiger partial charge in [0.05, 0.1) is 12.2 Å². The zero-order valence-electron chi connectivity index (χ0n) is 8.73. The number of anilines is 1. The Morgan fingerprint density at radius 1 is 1.60 bits per heavy atom. The zero-order valence-corrected chi connectivity index (χ0v) is 8.73. The first-order valence-electron chi connectivity index (χ1n) is 5.16. The number of rotatable bonds is 2. The molecule has 2 N–H and O–H groups in total. The number of hydrogen-bond donors (Lipinski definition) is 2. The maximum absolute atomic E-state index is 10.8. The molecule has 1 aromatic heterocycles. The van der Waals surface area contributed by atoms with Crippen molar-refractivity contribution < 1.29 is 4.79 Å². The van der Waals surface area contributed by atoms with E-state index in [1.165, 1.54) is 6.92 Å². The number of carbonyl (C=O) groups excluding carboxylic acids is 1. The summed E-state index contributed by atoms with van der Waals surface area (Å²) in [6, 6.07) is 0.355. The largest absolute Gasteiger partial charge is 0.317 e. The van der Waals surface area contributed by atoms with E-state index in [2.05, 4.69) is 20.8 Å². The van der Waals surface area contributed by atoms with Gasteiger partial charge in [-0.1, -0.05) is 0 Å². The van der Waals surface area contributed by atoms with E-state index in [1.54, 1.807) is 11.0 Å². The van der Waals surface area contributed by atoms with Crippen LogP contribution in [0.5, 0.6) is 0 Å². The molecule has 1 fully saturated rings. The third kappa shape index (κ3) is 2.53. The number of aromatic nitrogens is 3. The first kappa shape index (κ1) is 10.1. The lowest BCUT2D eigenvalue weighted by atomic mass is 10.1. The Labute approximate surface area is 88.0 Å². The Morgan fingerprint density at radius 3 is 3.00 bits per heavy atom. The van der Waals surface area contributed by atoms with Crippen molar-refractivity contribution in [2.75, 3.05) is 18.4 Å². The molecule has 6 nitrogen and oxygen atoms in total. The Kier molecular flexibility index (Phi) is 2.96. The van der Waals surface area contributed by atoms with E-state index in [-0.39, 0.29) is 5.91 Å². The van der Waals surface area contributed by atoms with Gasteiger partial charge in [-0.25, -0.2) is 0 Å². The summed E-state index contributed by atoms with van der Waals surface area (Å²) in [7, 11) is 0. The topological polar surface area (TPSA) is 71.8 Å². The van der Waals surface area contributed by atoms with Crippen molar-refractivity contribution in [3.8, 4) is 0 Å². The zero-order chi connectivity index (χ0) is 10.7. The standard InChI is InChI=1S/C9H15N5O/c1-7(15)12-9-6-11-14(13-9)8-2-4-10-5-3-8/h6,8,10H,2-5H2,1H3,(H,12,13,15). The van der Waals surface area contributed by atoms with E-state index in [1.807, 2.05) is 0 Å². The van der Waals surface area contributed by atoms with Crippen molar-refractivity contribution in [3.05, 3.63) is 6.20 Å². The third-order valence-electron chi connectivity index (χ3n) is 2.45. The van der Waals surface area contributed by atoms with Crippen LogP contribution >= 0.6 is 0 Å². The summed E-state index contributed by atoms with van der Waals surface area (Å²) in [4.78, 5) is 12.5. The molecule has 6 heteroatoms. The van der Waals surface area contributed by atoms with E-state index < -0.39 is 0 Å². The quantitative estimate of drug-likeness (QED) is 0.728. The van der Waals surface area contributed by atoms with E-state index in [9.17, 15) is 4.79 Å². The highest BCUT2D eigenvalue weighted by atomic mass is 16.1. The molecular formula is C9H15N5O. The van der Waals surface area contributed by atoms with Gasteiger partial charge in [0.1, 0.15) is 0 Å². The molecule has 2 rings (SSSR count). The lowest BCUT2D eigenvalue weighted by Crippen LogP contribution is -2.30. The first-order chi connectivity index (χ1) is 7.25. The third-order valence-corrected chi connectivity index (χ3v) is 2.45. The van der Waals surface area contributed by atoms with Crippen molar-refractivity contribution in [2.45, 2.75) is 25.8 Å². The molecule has 15 heavy (non-hydrogen) atoms. The van der Waals surface area contributed by atoms with Crippen molar-refractivity contribution in [1.82, 2.24) is 20.3 Å². The maximum Gasteiger partial charge on any atom is 0.222 e. The van der Waals surface area contributed by atoms with Gasteiger partial charge in [0.15, 0.2) is 5.82 Å². The molecular weight excluding hydrogens is 194 g/mol. The highest BCUT2D eigenvalue weighted by molar-refractivity contribution is 5.87. The second kappa shape index (κ2) is 4.39. The minimum absolute atomic E-state index is 0.118. The molecule has 82 valence electrons. The van der Waals surface area contributed by atoms with E-state index in [4.69, 9.17) is 0 Å². The smallest absolute Gasteiger partial charge is 0.222 e. The summed E-state index contributed by atoms with van der Waals surface area (Å²) in [5.74, 6) is 0.411. The molecule has 1 aliphatic rings. The molecule has 0 saturated carbocycles. The van der Waals surface area contributed by atoms with Crippen molar-refractivity contribution >= 4 is 11.7 Å². The number of hydrogen-bond acceptors (Lipinski definition) is 4. The van der Waals surface area contributed by atoms with Crippen molar-refractivity contribution in [3.63, 3.8) is 0 Å². The van der Waals surface area contributed by atoms with Gasteiger partial charge in [0.2, 0.25) is 5.91 Å². The SMILES string of the molecule is CC(=O)Nc1cnn(C2CCNCC2)n1. The van der Waals surface area contributed by atoms with Crippen LogP contribution < -0.4 is 10.6 Å². The molecule has 0 atom stereocenters. The van der Waals surface area contributed by atoms with Gasteiger partial charge in [0.25, 0.3) is 0 Å². The fourth-order valence-corrected chi connectivity index (χ4v) is 1.73. The van der Waals surface area contributed by atoms with Crippen LogP contribution in [0.1, 0.15) is 25.8 Å². The number of carbonyl (C=O) groups is 1. The summed E-state index contributed by atoms with van der Waals surface area (Å²) >= 11 is 0. The fraction of sp³-hybridized carbons (Fsp3) is 0.667. The Hall–Kier alpha value is -1.43. The average molecular weight is 209 g/mol. The minimum Gasteiger partial charge on any atom is -0.317 e. The van der Waals surface area contributed by atoms with Crippen molar-refractivity contribution in [1.29, 1.82) is 0 Å². The molecule has 1 saturated heterocycles. The molecule has 0 bridgehead atoms. The van der Waals surface area contributed by atoms with Gasteiger partial charge in [-0.2, -0.15) is 9.90 Å². The lowest BCUT2D eigenvalue weighted by Gasteiger charge is -2.21. The van der Waals surface area contributed by atoms with Crippen LogP contribution in [0.4, 0.5) is 5.82 Å². The molecule has 0 aromatic carbocycles. The van der Waals surface area contributed by atoms with Crippen LogP contribution in [0, 0.1) is 0 Å². The number of nitrogens with zero attached hydrogens (tertiary/aromatic N) is 3. The normalized spacial score (nSPS) is 17.7. The molecule has 2 heterocycles. The van der Waals surface area contributed by atoms with Crippen LogP contribution in [0.15, 0.2) is 6.20 Å². The second-order valence-corrected chi connectivity index (χ2v) is 3.71. The van der Waals surface area contributed by atoms with E-state index in [0.717, 1.165) is 25.9 Å². The van der Waals surface area contributed by atoms with Crippen LogP contribution in [-0.2, 0) is 4.79 Å². The highest BCUT2D eigenvalue weighted by Crippen LogP contribution is 2.16. The van der Waals surface area contributed by atoms with Gasteiger partial charge in [0, 0.05) is 6.92 Å². The summed E-state index contributed by atoms with van der Waals surface area (Å²) < 4.78 is 0. The molecule has 1 aromatic rings. The van der Waals surface area contributed by atoms with Crippen molar-refractivity contribution in [2.24, 2.45) is 0 Å². The minimum atomic E-state index is -0.118. The number of amides is 1. The maximum atomic E-state index is 10.8. The summed E-state index contributed by atoms with van der Waals surface area (Å²) in [5, 5.41) is 14.3. The summed E-state index contributed by atoms with van der Waals surface area (Å²) in [6.45, 7) is 3.47. The van der Waals surface area contributed by atoms with Gasteiger partial charge >= 0.3 is 0 Å². The first-order valence-corrected chi connectivity index (χ1v) is 5.16. The van der Waals surface area contributed by atoms with Crippen LogP contribution in [0.25, 0.3) is 0 Å². The molecule has 0 spiro atoms. The predicted molar refractivity (Wildman–Crippen MR) is 55.5 cm³/mol. The number of piperidine rings is 1. The van der Waals surface area contributed by atoms with Gasteiger partial charge in [-0.3, -0.25) is 4.79 Å². The van der Waals surface area contributed by atoms with E-state index >= 15 is 0 Å². The second-order valence-electron chi connectivity index (χ2n) is 3.71. The molecule has 0 aliphatic carbocycles.